The van der Waals surface area contributed by atoms with E-state index in [-0.39, 0.29) is 31.1 Å². The van der Waals surface area contributed by atoms with Crippen molar-refractivity contribution in [3.8, 4) is 0 Å². The van der Waals surface area contributed by atoms with E-state index in [1.165, 1.54) is 0 Å². The maximum Gasteiger partial charge on any atom is 0.389 e. The van der Waals surface area contributed by atoms with Crippen LogP contribution < -0.4 is 5.32 Å². The molecule has 0 fully saturated rings. The Balaban J connectivity index is 2.63. The Labute approximate surface area is 124 Å². The Kier molecular flexibility index (Phi) is 7.18. The molecule has 120 valence electrons. The number of rotatable bonds is 8. The molecule has 0 aliphatic rings. The van der Waals surface area contributed by atoms with Crippen molar-refractivity contribution in [1.82, 2.24) is 5.32 Å². The number of hydrogen-bond acceptors (Lipinski definition) is 2. The van der Waals surface area contributed by atoms with Crippen LogP contribution in [0.15, 0.2) is 30.3 Å². The highest BCUT2D eigenvalue weighted by atomic mass is 19.4. The van der Waals surface area contributed by atoms with Gasteiger partial charge in [0, 0.05) is 13.0 Å². The first kappa shape index (κ1) is 18.0. The van der Waals surface area contributed by atoms with Gasteiger partial charge in [0.15, 0.2) is 0 Å². The Morgan fingerprint density at radius 2 is 1.76 bits per heavy atom. The summed E-state index contributed by atoms with van der Waals surface area (Å²) in [6.45, 7) is 4.15. The second-order valence-corrected chi connectivity index (χ2v) is 5.48. The van der Waals surface area contributed by atoms with Gasteiger partial charge in [0.05, 0.1) is 12.1 Å². The smallest absolute Gasteiger partial charge is 0.376 e. The van der Waals surface area contributed by atoms with Crippen LogP contribution in [0.25, 0.3) is 0 Å². The third-order valence-electron chi connectivity index (χ3n) is 3.37. The van der Waals surface area contributed by atoms with E-state index in [2.05, 4.69) is 5.32 Å². The minimum atomic E-state index is -4.11. The van der Waals surface area contributed by atoms with E-state index in [1.807, 2.05) is 51.2 Å². The first-order valence-electron chi connectivity index (χ1n) is 7.25. The van der Waals surface area contributed by atoms with Gasteiger partial charge in [-0.3, -0.25) is 0 Å². The van der Waals surface area contributed by atoms with Crippen LogP contribution in [-0.2, 0) is 4.74 Å². The standard InChI is InChI=1S/C16H24F3NO/c1-12(2)15(21-11-7-10-16(17,18)19)14(20-3)13-8-5-4-6-9-13/h4-6,8-9,12,14-15,20H,7,10-11H2,1-3H3. The van der Waals surface area contributed by atoms with E-state index < -0.39 is 12.6 Å². The van der Waals surface area contributed by atoms with Gasteiger partial charge in [0.25, 0.3) is 0 Å². The number of hydrogen-bond donors (Lipinski definition) is 1. The summed E-state index contributed by atoms with van der Waals surface area (Å²) in [5, 5.41) is 3.21. The third kappa shape index (κ3) is 6.48. The van der Waals surface area contributed by atoms with Crippen molar-refractivity contribution in [3.63, 3.8) is 0 Å². The van der Waals surface area contributed by atoms with Crippen molar-refractivity contribution in [2.24, 2.45) is 5.92 Å². The zero-order valence-electron chi connectivity index (χ0n) is 12.8. The van der Waals surface area contributed by atoms with Crippen molar-refractivity contribution in [1.29, 1.82) is 0 Å². The van der Waals surface area contributed by atoms with Gasteiger partial charge in [-0.2, -0.15) is 13.2 Å². The third-order valence-corrected chi connectivity index (χ3v) is 3.37. The highest BCUT2D eigenvalue weighted by Crippen LogP contribution is 2.26. The lowest BCUT2D eigenvalue weighted by Gasteiger charge is -2.30. The second-order valence-electron chi connectivity index (χ2n) is 5.48. The van der Waals surface area contributed by atoms with Crippen LogP contribution in [0, 0.1) is 5.92 Å². The molecule has 0 aromatic heterocycles. The van der Waals surface area contributed by atoms with Gasteiger partial charge < -0.3 is 10.1 Å². The number of halogens is 3. The molecule has 0 heterocycles. The van der Waals surface area contributed by atoms with Crippen molar-refractivity contribution >= 4 is 0 Å². The lowest BCUT2D eigenvalue weighted by atomic mass is 9.93. The van der Waals surface area contributed by atoms with Crippen LogP contribution >= 0.6 is 0 Å². The zero-order chi connectivity index (χ0) is 15.9. The molecule has 2 nitrogen and oxygen atoms in total. The van der Waals surface area contributed by atoms with Crippen molar-refractivity contribution < 1.29 is 17.9 Å². The Bertz CT molecular complexity index is 392. The average Bonchev–Trinajstić information content (AvgIpc) is 2.42. The van der Waals surface area contributed by atoms with Gasteiger partial charge in [-0.15, -0.1) is 0 Å². The molecule has 0 amide bonds. The fraction of sp³-hybridized carbons (Fsp3) is 0.625. The van der Waals surface area contributed by atoms with Crippen LogP contribution in [0.4, 0.5) is 13.2 Å². The fourth-order valence-corrected chi connectivity index (χ4v) is 2.35. The molecule has 5 heteroatoms. The zero-order valence-corrected chi connectivity index (χ0v) is 12.8. The molecule has 1 rings (SSSR count). The van der Waals surface area contributed by atoms with Crippen LogP contribution in [0.1, 0.15) is 38.3 Å². The molecule has 21 heavy (non-hydrogen) atoms. The van der Waals surface area contributed by atoms with Gasteiger partial charge in [0.1, 0.15) is 0 Å². The van der Waals surface area contributed by atoms with E-state index in [1.54, 1.807) is 0 Å². The maximum absolute atomic E-state index is 12.2. The predicted octanol–water partition coefficient (Wildman–Crippen LogP) is 4.33. The summed E-state index contributed by atoms with van der Waals surface area (Å²) in [5.41, 5.74) is 1.08. The number of nitrogens with one attached hydrogen (secondary N) is 1. The van der Waals surface area contributed by atoms with Crippen LogP contribution in [-0.4, -0.2) is 25.9 Å². The van der Waals surface area contributed by atoms with Gasteiger partial charge in [0.2, 0.25) is 0 Å². The highest BCUT2D eigenvalue weighted by Gasteiger charge is 2.28. The fourth-order valence-electron chi connectivity index (χ4n) is 2.35. The molecular formula is C16H24F3NO. The number of benzene rings is 1. The van der Waals surface area contributed by atoms with Gasteiger partial charge in [-0.25, -0.2) is 0 Å². The van der Waals surface area contributed by atoms with Gasteiger partial charge >= 0.3 is 6.18 Å². The summed E-state index contributed by atoms with van der Waals surface area (Å²) in [5.74, 6) is 0.202. The van der Waals surface area contributed by atoms with E-state index in [9.17, 15) is 13.2 Å². The molecule has 0 radical (unpaired) electrons. The van der Waals surface area contributed by atoms with Crippen LogP contribution in [0.2, 0.25) is 0 Å². The average molecular weight is 303 g/mol. The van der Waals surface area contributed by atoms with Crippen LogP contribution in [0.5, 0.6) is 0 Å². The Morgan fingerprint density at radius 1 is 1.14 bits per heavy atom. The monoisotopic (exact) mass is 303 g/mol. The molecule has 0 spiro atoms. The molecule has 2 atom stereocenters. The van der Waals surface area contributed by atoms with Crippen molar-refractivity contribution in [2.45, 2.75) is 45.0 Å². The number of alkyl halides is 3. The summed E-state index contributed by atoms with van der Waals surface area (Å²) in [6.07, 6.45) is -5.07. The molecule has 1 aromatic carbocycles. The van der Waals surface area contributed by atoms with Crippen molar-refractivity contribution in [2.75, 3.05) is 13.7 Å². The SMILES string of the molecule is CNC(c1ccccc1)C(OCCCC(F)(F)F)C(C)C. The summed E-state index contributed by atoms with van der Waals surface area (Å²) in [4.78, 5) is 0. The molecule has 1 N–H and O–H groups in total. The topological polar surface area (TPSA) is 21.3 Å². The predicted molar refractivity (Wildman–Crippen MR) is 78.1 cm³/mol. The maximum atomic E-state index is 12.2. The molecule has 2 unspecified atom stereocenters. The summed E-state index contributed by atoms with van der Waals surface area (Å²) >= 11 is 0. The molecular weight excluding hydrogens is 279 g/mol. The lowest BCUT2D eigenvalue weighted by Crippen LogP contribution is -2.36. The molecule has 0 saturated carbocycles. The molecule has 0 aliphatic heterocycles. The summed E-state index contributed by atoms with van der Waals surface area (Å²) < 4.78 is 42.2. The second kappa shape index (κ2) is 8.39. The summed E-state index contributed by atoms with van der Waals surface area (Å²) in [6, 6.07) is 9.79. The molecule has 0 saturated heterocycles. The number of ether oxygens (including phenoxy) is 1. The van der Waals surface area contributed by atoms with E-state index in [4.69, 9.17) is 4.74 Å². The van der Waals surface area contributed by atoms with E-state index in [0.29, 0.717) is 0 Å². The quantitative estimate of drug-likeness (QED) is 0.722. The van der Waals surface area contributed by atoms with Gasteiger partial charge in [-0.1, -0.05) is 44.2 Å². The van der Waals surface area contributed by atoms with Crippen molar-refractivity contribution in [3.05, 3.63) is 35.9 Å². The minimum absolute atomic E-state index is 0.00204. The summed E-state index contributed by atoms with van der Waals surface area (Å²) in [7, 11) is 1.84. The van der Waals surface area contributed by atoms with Gasteiger partial charge in [-0.05, 0) is 24.9 Å². The Hall–Kier alpha value is -1.07. The molecule has 0 bridgehead atoms. The van der Waals surface area contributed by atoms with E-state index in [0.717, 1.165) is 5.56 Å². The first-order valence-corrected chi connectivity index (χ1v) is 7.25. The molecule has 0 aliphatic carbocycles. The highest BCUT2D eigenvalue weighted by molar-refractivity contribution is 5.20. The van der Waals surface area contributed by atoms with Crippen LogP contribution in [0.3, 0.4) is 0 Å². The number of likely N-dealkylation sites (N-methyl/N-ethyl adjacent to an activating group) is 1. The Morgan fingerprint density at radius 3 is 2.24 bits per heavy atom. The lowest BCUT2D eigenvalue weighted by molar-refractivity contribution is -0.139. The largest absolute Gasteiger partial charge is 0.389 e. The van der Waals surface area contributed by atoms with E-state index >= 15 is 0 Å². The normalized spacial score (nSPS) is 15.2. The first-order chi connectivity index (χ1) is 9.85. The molecule has 1 aromatic rings. The minimum Gasteiger partial charge on any atom is -0.376 e.